The fourth-order valence-electron chi connectivity index (χ4n) is 5.31. The normalized spacial score (nSPS) is 41.4. The van der Waals surface area contributed by atoms with Crippen molar-refractivity contribution in [3.05, 3.63) is 24.0 Å². The Morgan fingerprint density at radius 3 is 2.33 bits per heavy atom. The first-order valence-electron chi connectivity index (χ1n) is 7.69. The maximum atomic E-state index is 3.95. The highest BCUT2D eigenvalue weighted by atomic mass is 15.0. The van der Waals surface area contributed by atoms with Gasteiger partial charge in [-0.1, -0.05) is 0 Å². The molecule has 0 radical (unpaired) electrons. The van der Waals surface area contributed by atoms with Crippen LogP contribution in [0.4, 0.5) is 0 Å². The summed E-state index contributed by atoms with van der Waals surface area (Å²) in [5.74, 6) is 3.15. The topological polar surface area (TPSA) is 27.8 Å². The van der Waals surface area contributed by atoms with E-state index in [4.69, 9.17) is 0 Å². The molecule has 0 amide bonds. The van der Waals surface area contributed by atoms with E-state index in [1.54, 1.807) is 0 Å². The number of aromatic amines is 1. The molecule has 0 aromatic carbocycles. The Kier molecular flexibility index (Phi) is 2.54. The lowest BCUT2D eigenvalue weighted by Crippen LogP contribution is -2.58. The minimum absolute atomic E-state index is 0.529. The second-order valence-electron chi connectivity index (χ2n) is 7.07. The van der Waals surface area contributed by atoms with Crippen LogP contribution in [0.25, 0.3) is 0 Å². The lowest BCUT2D eigenvalue weighted by Gasteiger charge is -2.57. The molecule has 4 aliphatic rings. The minimum Gasteiger partial charge on any atom is -0.365 e. The zero-order valence-electron chi connectivity index (χ0n) is 11.1. The molecular weight excluding hydrogens is 220 g/mol. The average molecular weight is 244 g/mol. The molecule has 2 nitrogen and oxygen atoms in total. The average Bonchev–Trinajstić information content (AvgIpc) is 2.79. The lowest BCUT2D eigenvalue weighted by molar-refractivity contribution is -0.0193. The fraction of sp³-hybridized carbons (Fsp3) is 0.750. The van der Waals surface area contributed by atoms with Gasteiger partial charge in [0, 0.05) is 24.0 Å². The van der Waals surface area contributed by atoms with Gasteiger partial charge in [-0.05, 0) is 74.8 Å². The van der Waals surface area contributed by atoms with Gasteiger partial charge in [-0.2, -0.15) is 0 Å². The molecule has 4 aliphatic carbocycles. The van der Waals surface area contributed by atoms with Crippen molar-refractivity contribution in [1.82, 2.24) is 10.3 Å². The van der Waals surface area contributed by atoms with Crippen molar-refractivity contribution in [3.8, 4) is 0 Å². The van der Waals surface area contributed by atoms with Crippen LogP contribution in [0.5, 0.6) is 0 Å². The van der Waals surface area contributed by atoms with Gasteiger partial charge in [0.1, 0.15) is 0 Å². The van der Waals surface area contributed by atoms with Crippen LogP contribution in [-0.4, -0.2) is 17.1 Å². The Bertz CT molecular complexity index is 371. The molecule has 0 saturated heterocycles. The summed E-state index contributed by atoms with van der Waals surface area (Å²) < 4.78 is 0. The van der Waals surface area contributed by atoms with Gasteiger partial charge in [-0.3, -0.25) is 0 Å². The summed E-state index contributed by atoms with van der Waals surface area (Å²) in [6, 6.07) is 4.29. The molecule has 0 unspecified atom stereocenters. The van der Waals surface area contributed by atoms with Crippen molar-refractivity contribution in [2.24, 2.45) is 17.8 Å². The third-order valence-electron chi connectivity index (χ3n) is 5.59. The van der Waals surface area contributed by atoms with Crippen molar-refractivity contribution in [3.63, 3.8) is 0 Å². The largest absolute Gasteiger partial charge is 0.365 e. The molecule has 2 heteroatoms. The third kappa shape index (κ3) is 1.91. The van der Waals surface area contributed by atoms with Crippen molar-refractivity contribution >= 4 is 0 Å². The Morgan fingerprint density at radius 2 is 1.78 bits per heavy atom. The van der Waals surface area contributed by atoms with Gasteiger partial charge in [0.05, 0.1) is 0 Å². The van der Waals surface area contributed by atoms with E-state index >= 15 is 0 Å². The number of aromatic nitrogens is 1. The maximum Gasteiger partial charge on any atom is 0.0189 e. The van der Waals surface area contributed by atoms with Crippen LogP contribution in [0.3, 0.4) is 0 Å². The number of rotatable bonds is 4. The van der Waals surface area contributed by atoms with Crippen molar-refractivity contribution in [1.29, 1.82) is 0 Å². The molecular formula is C16H24N2. The van der Waals surface area contributed by atoms with E-state index in [9.17, 15) is 0 Å². The molecule has 1 heterocycles. The molecule has 4 saturated carbocycles. The highest BCUT2D eigenvalue weighted by Crippen LogP contribution is 2.55. The maximum absolute atomic E-state index is 3.95. The van der Waals surface area contributed by atoms with E-state index < -0.39 is 0 Å². The van der Waals surface area contributed by atoms with Gasteiger partial charge in [-0.25, -0.2) is 0 Å². The van der Waals surface area contributed by atoms with E-state index in [1.807, 2.05) is 6.20 Å². The third-order valence-corrected chi connectivity index (χ3v) is 5.59. The summed E-state index contributed by atoms with van der Waals surface area (Å²) in [6.07, 6.45) is 12.2. The molecule has 0 aliphatic heterocycles. The van der Waals surface area contributed by atoms with Gasteiger partial charge < -0.3 is 10.3 Å². The molecule has 4 fully saturated rings. The van der Waals surface area contributed by atoms with Crippen LogP contribution < -0.4 is 5.32 Å². The van der Waals surface area contributed by atoms with Crippen LogP contribution in [0.2, 0.25) is 0 Å². The Morgan fingerprint density at radius 1 is 1.11 bits per heavy atom. The first-order valence-corrected chi connectivity index (χ1v) is 7.69. The molecule has 1 aromatic heterocycles. The molecule has 1 aromatic rings. The molecule has 18 heavy (non-hydrogen) atoms. The Labute approximate surface area is 110 Å². The SMILES string of the molecule is c1c[nH]c(CCNC23CC4CC(CC(C4)C2)C3)c1. The van der Waals surface area contributed by atoms with Crippen LogP contribution in [0.1, 0.15) is 44.2 Å². The minimum atomic E-state index is 0.529. The van der Waals surface area contributed by atoms with Crippen molar-refractivity contribution < 1.29 is 0 Å². The molecule has 98 valence electrons. The van der Waals surface area contributed by atoms with Crippen molar-refractivity contribution in [2.75, 3.05) is 6.54 Å². The predicted molar refractivity (Wildman–Crippen MR) is 73.4 cm³/mol. The van der Waals surface area contributed by atoms with Crippen LogP contribution in [-0.2, 0) is 6.42 Å². The first kappa shape index (κ1) is 11.1. The van der Waals surface area contributed by atoms with Crippen LogP contribution >= 0.6 is 0 Å². The highest BCUT2D eigenvalue weighted by molar-refractivity contribution is 5.08. The first-order chi connectivity index (χ1) is 8.81. The van der Waals surface area contributed by atoms with E-state index in [0.29, 0.717) is 5.54 Å². The summed E-state index contributed by atoms with van der Waals surface area (Å²) in [7, 11) is 0. The van der Waals surface area contributed by atoms with E-state index in [2.05, 4.69) is 22.4 Å². The highest BCUT2D eigenvalue weighted by Gasteiger charge is 2.50. The molecule has 0 atom stereocenters. The Balaban J connectivity index is 1.39. The van der Waals surface area contributed by atoms with Gasteiger partial charge in [0.2, 0.25) is 0 Å². The zero-order chi connectivity index (χ0) is 12.0. The van der Waals surface area contributed by atoms with Gasteiger partial charge in [0.25, 0.3) is 0 Å². The number of nitrogens with one attached hydrogen (secondary N) is 2. The smallest absolute Gasteiger partial charge is 0.0189 e. The fourth-order valence-corrected chi connectivity index (χ4v) is 5.31. The van der Waals surface area contributed by atoms with E-state index in [0.717, 1.165) is 30.7 Å². The van der Waals surface area contributed by atoms with Crippen molar-refractivity contribution in [2.45, 2.75) is 50.5 Å². The summed E-state index contributed by atoms with van der Waals surface area (Å²) in [4.78, 5) is 3.31. The second kappa shape index (κ2) is 4.12. The number of hydrogen-bond acceptors (Lipinski definition) is 1. The molecule has 2 N–H and O–H groups in total. The summed E-state index contributed by atoms with van der Waals surface area (Å²) >= 11 is 0. The second-order valence-corrected chi connectivity index (χ2v) is 7.07. The van der Waals surface area contributed by atoms with Gasteiger partial charge in [-0.15, -0.1) is 0 Å². The number of H-pyrrole nitrogens is 1. The van der Waals surface area contributed by atoms with Crippen LogP contribution in [0, 0.1) is 17.8 Å². The molecule has 4 bridgehead atoms. The lowest BCUT2D eigenvalue weighted by atomic mass is 9.53. The molecule has 5 rings (SSSR count). The van der Waals surface area contributed by atoms with Crippen LogP contribution in [0.15, 0.2) is 18.3 Å². The van der Waals surface area contributed by atoms with Gasteiger partial charge >= 0.3 is 0 Å². The predicted octanol–water partition coefficient (Wildman–Crippen LogP) is 3.12. The quantitative estimate of drug-likeness (QED) is 0.837. The monoisotopic (exact) mass is 244 g/mol. The number of hydrogen-bond donors (Lipinski definition) is 2. The Hall–Kier alpha value is -0.760. The van der Waals surface area contributed by atoms with E-state index in [1.165, 1.54) is 44.2 Å². The zero-order valence-corrected chi connectivity index (χ0v) is 11.1. The summed E-state index contributed by atoms with van der Waals surface area (Å²) in [5, 5.41) is 3.95. The van der Waals surface area contributed by atoms with E-state index in [-0.39, 0.29) is 0 Å². The summed E-state index contributed by atoms with van der Waals surface area (Å²) in [5.41, 5.74) is 1.90. The molecule has 0 spiro atoms. The standard InChI is InChI=1S/C16H24N2/c1-2-15(17-4-1)3-5-18-16-9-12-6-13(10-16)8-14(7-12)11-16/h1-2,4,12-14,17-18H,3,5-11H2. The summed E-state index contributed by atoms with van der Waals surface area (Å²) in [6.45, 7) is 1.15. The van der Waals surface area contributed by atoms with Gasteiger partial charge in [0.15, 0.2) is 0 Å².